The lowest BCUT2D eigenvalue weighted by Gasteiger charge is -2.33. The molecule has 4 saturated heterocycles. The van der Waals surface area contributed by atoms with Crippen LogP contribution in [0.4, 0.5) is 0 Å². The van der Waals surface area contributed by atoms with Gasteiger partial charge in [-0.3, -0.25) is 101 Å². The normalized spacial score (nSPS) is 18.8. The van der Waals surface area contributed by atoms with Crippen molar-refractivity contribution in [1.82, 2.24) is 83.4 Å². The average molecular weight is 2010 g/mol. The van der Waals surface area contributed by atoms with Crippen molar-refractivity contribution in [1.29, 1.82) is 0 Å². The van der Waals surface area contributed by atoms with Gasteiger partial charge in [0.05, 0.1) is 44.2 Å². The van der Waals surface area contributed by atoms with Crippen molar-refractivity contribution in [2.24, 2.45) is 62.5 Å². The lowest BCUT2D eigenvalue weighted by atomic mass is 10.0. The summed E-state index contributed by atoms with van der Waals surface area (Å²) >= 11 is 1.31. The van der Waals surface area contributed by atoms with Crippen LogP contribution in [0.2, 0.25) is 0 Å². The number of primary amides is 2. The van der Waals surface area contributed by atoms with Crippen LogP contribution in [0.1, 0.15) is 195 Å². The van der Waals surface area contributed by atoms with Crippen LogP contribution < -0.4 is 115 Å². The van der Waals surface area contributed by atoms with Crippen molar-refractivity contribution in [2.75, 3.05) is 77.6 Å². The highest BCUT2D eigenvalue weighted by molar-refractivity contribution is 7.98. The molecule has 19 atom stereocenters. The molecule has 0 aliphatic carbocycles. The second-order valence-corrected chi connectivity index (χ2v) is 36.1. The van der Waals surface area contributed by atoms with Crippen LogP contribution in [0.15, 0.2) is 4.99 Å². The quantitative estimate of drug-likeness (QED) is 0.00884. The molecule has 0 unspecified atom stereocenters. The fourth-order valence-electron chi connectivity index (χ4n) is 16.0. The number of carboxylic acids is 2. The number of aliphatic imine (C=N–C) groups is 1. The maximum absolute atomic E-state index is 14.8. The first-order chi connectivity index (χ1) is 66.2. The summed E-state index contributed by atoms with van der Waals surface area (Å²) < 4.78 is 5.12. The predicted molar refractivity (Wildman–Crippen MR) is 499 cm³/mol. The molecule has 0 radical (unpaired) electrons. The van der Waals surface area contributed by atoms with Crippen LogP contribution in [0.3, 0.4) is 0 Å². The van der Waals surface area contributed by atoms with Gasteiger partial charge in [-0.2, -0.15) is 11.8 Å². The molecule has 0 aromatic carbocycles. The van der Waals surface area contributed by atoms with Crippen molar-refractivity contribution in [2.45, 2.75) is 309 Å². The maximum Gasteiger partial charge on any atom is 0.336 e. The number of carboxylic acid groups (broad SMARTS) is 2. The zero-order valence-electron chi connectivity index (χ0n) is 79.7. The van der Waals surface area contributed by atoms with Gasteiger partial charge in [0.1, 0.15) is 96.7 Å². The Morgan fingerprint density at radius 2 is 0.750 bits per heavy atom. The largest absolute Gasteiger partial charge is 0.481 e. The summed E-state index contributed by atoms with van der Waals surface area (Å²) in [6.45, 7) is 3.28. The molecular formula is C85H144N26O28S. The third-order valence-electron chi connectivity index (χ3n) is 23.7. The van der Waals surface area contributed by atoms with Gasteiger partial charge in [0.15, 0.2) is 5.96 Å². The molecule has 35 N–H and O–H groups in total. The summed E-state index contributed by atoms with van der Waals surface area (Å²) in [7, 11) is 0. The molecule has 140 heavy (non-hydrogen) atoms. The number of hydrogen-bond donors (Lipinski definition) is 26. The summed E-state index contributed by atoms with van der Waals surface area (Å²) in [6.07, 6.45) is -2.56. The number of aliphatic hydroxyl groups is 3. The van der Waals surface area contributed by atoms with Crippen molar-refractivity contribution in [3.05, 3.63) is 0 Å². The number of thioether (sulfide) groups is 1. The predicted octanol–water partition coefficient (Wildman–Crippen LogP) is -11.8. The fourth-order valence-corrected chi connectivity index (χ4v) is 16.5. The molecular weight excluding hydrogens is 1870 g/mol. The second-order valence-electron chi connectivity index (χ2n) is 35.1. The van der Waals surface area contributed by atoms with E-state index >= 15 is 0 Å². The molecule has 0 spiro atoms. The van der Waals surface area contributed by atoms with E-state index in [0.717, 1.165) is 16.7 Å². The Morgan fingerprint density at radius 3 is 1.20 bits per heavy atom. The summed E-state index contributed by atoms with van der Waals surface area (Å²) in [5.41, 5.74) is 50.8. The minimum atomic E-state index is -2.27. The molecule has 0 bridgehead atoms. The molecule has 18 amide bonds. The molecule has 4 aliphatic heterocycles. The van der Waals surface area contributed by atoms with E-state index in [1.807, 2.05) is 5.32 Å². The smallest absolute Gasteiger partial charge is 0.336 e. The Hall–Kier alpha value is -12.2. The minimum absolute atomic E-state index is 0.00434. The average Bonchev–Trinajstić information content (AvgIpc) is 1.64. The van der Waals surface area contributed by atoms with Gasteiger partial charge in [-0.1, -0.05) is 20.3 Å². The molecule has 55 heteroatoms. The van der Waals surface area contributed by atoms with Crippen molar-refractivity contribution in [3.63, 3.8) is 0 Å². The lowest BCUT2D eigenvalue weighted by Crippen LogP contribution is -2.61. The van der Waals surface area contributed by atoms with Gasteiger partial charge in [0, 0.05) is 45.6 Å². The Morgan fingerprint density at radius 1 is 0.393 bits per heavy atom. The molecule has 4 aliphatic rings. The number of likely N-dealkylation sites (tertiary alicyclic amines) is 4. The number of hydrogen-bond acceptors (Lipinski definition) is 33. The van der Waals surface area contributed by atoms with E-state index in [9.17, 15) is 131 Å². The van der Waals surface area contributed by atoms with Crippen LogP contribution in [0, 0.1) is 5.92 Å². The monoisotopic (exact) mass is 2010 g/mol. The number of rotatable bonds is 63. The number of unbranched alkanes of at least 4 members (excludes halogenated alkanes) is 3. The van der Waals surface area contributed by atoms with Gasteiger partial charge < -0.3 is 165 Å². The zero-order valence-corrected chi connectivity index (χ0v) is 80.5. The number of guanidine groups is 1. The fraction of sp³-hybridized carbons (Fsp3) is 0.729. The van der Waals surface area contributed by atoms with Crippen LogP contribution >= 0.6 is 11.8 Å². The first-order valence-electron chi connectivity index (χ1n) is 46.9. The van der Waals surface area contributed by atoms with Gasteiger partial charge in [0.2, 0.25) is 106 Å². The topological polar surface area (TPSA) is 890 Å². The molecule has 0 saturated carbocycles. The minimum Gasteiger partial charge on any atom is -0.481 e. The summed E-state index contributed by atoms with van der Waals surface area (Å²) in [4.78, 5) is 311. The number of nitrogens with two attached hydrogens (primary N) is 9. The van der Waals surface area contributed by atoms with Gasteiger partial charge in [-0.25, -0.2) is 9.59 Å². The van der Waals surface area contributed by atoms with Crippen molar-refractivity contribution in [3.8, 4) is 0 Å². The lowest BCUT2D eigenvalue weighted by molar-refractivity contribution is -0.168. The van der Waals surface area contributed by atoms with E-state index in [1.165, 1.54) is 28.5 Å². The molecule has 4 fully saturated rings. The molecule has 0 aromatic rings. The van der Waals surface area contributed by atoms with Crippen molar-refractivity contribution >= 4 is 148 Å². The molecule has 4 rings (SSSR count). The van der Waals surface area contributed by atoms with Crippen molar-refractivity contribution < 1.29 is 136 Å². The number of nitrogens with zero attached hydrogens (tertiary/aromatic N) is 5. The number of aliphatic carboxylic acids is 2. The third kappa shape index (κ3) is 39.1. The Bertz CT molecular complexity index is 4320. The summed E-state index contributed by atoms with van der Waals surface area (Å²) in [5.74, 6) is -25.0. The summed E-state index contributed by atoms with van der Waals surface area (Å²) in [5, 5.41) is 81.1. The van der Waals surface area contributed by atoms with E-state index in [-0.39, 0.29) is 161 Å². The van der Waals surface area contributed by atoms with E-state index < -0.39 is 303 Å². The zero-order chi connectivity index (χ0) is 105. The van der Waals surface area contributed by atoms with E-state index in [1.54, 1.807) is 20.1 Å². The van der Waals surface area contributed by atoms with E-state index in [2.05, 4.69) is 63.5 Å². The number of amides is 18. The SMILES string of the molecule is CSCC[C@H](NC(=O)[C@@H](N)CCCCN)C(=O)N[C@@H](CCC(N)=O)C(=O)N[C@H](C(=O)N[C@@H](CC(=O)O)C(=O)OC(=O)[C@@H]1CCCN1C(=O)[C@@H]1CCCN1C(=O)[C@H](CC(=O)O)NC(=O)[C@H](CCCN=C(N)N)NC(=O)[C@H](CCCCN)NC(=O)[C@H](CO)NC(=O)[C@@H]1CCCN1C(=O)[C@@H]1CCCN1C(=O)[C@H](CCCCN)NC(=O)[C@H](CO)NC(=O)[C@H](CCC(N)=O)NC(=O)[C@@H](NC(=O)[C@H](C)N)C(C)C)[C@@H](C)O. The van der Waals surface area contributed by atoms with Gasteiger partial charge in [-0.15, -0.1) is 0 Å². The van der Waals surface area contributed by atoms with E-state index in [4.69, 9.17) is 56.3 Å². The van der Waals surface area contributed by atoms with Gasteiger partial charge >= 0.3 is 23.9 Å². The molecule has 54 nitrogen and oxygen atoms in total. The van der Waals surface area contributed by atoms with Crippen LogP contribution in [-0.4, -0.2) is 374 Å². The van der Waals surface area contributed by atoms with Crippen LogP contribution in [-0.2, 0) is 110 Å². The summed E-state index contributed by atoms with van der Waals surface area (Å²) in [6, 6.07) is -28.3. The standard InChI is InChI=1S/C85H144N26O28S/c1-43(2)65(106-67(121)44(3)89)77(131)100-49(25-27-61(91)115)71(125)104-55(41-112)75(129)101-52(19-8-11-32-88)79(133)109-35-14-22-58(109)81(135)108-34-13-21-57(108)76(130)105-56(42-113)74(128)98-47(18-7-10-31-87)69(123)97-48(20-12-33-95-85(93)94)70(124)102-53(39-63(117)118)80(134)110-36-15-23-59(110)82(136)111-37-16-24-60(111)84(138)139-83(137)54(40-64(119)120)103-78(132)66(45(4)114)107-73(127)50(26-28-62(92)116)99-72(126)51(29-38-140-5)96-68(122)46(90)17-6-9-30-86/h43-60,65-66,112-114H,6-42,86-90H2,1-5H3,(H2,91,115)(H2,92,116)(H,96,122)(H,97,123)(H,98,128)(H,99,126)(H,100,131)(H,101,129)(H,102,124)(H,103,132)(H,104,125)(H,105,130)(H,106,121)(H,107,127)(H,117,118)(H,119,120)(H4,93,94,95)/t44-,45+,46-,47-,48-,49-,50-,51-,52-,53-,54-,55-,56-,57-,58-,59-,60-,65-,66-/m0/s1. The van der Waals surface area contributed by atoms with Crippen LogP contribution in [0.5, 0.6) is 0 Å². The number of ether oxygens (including phenoxy) is 1. The van der Waals surface area contributed by atoms with E-state index in [0.29, 0.717) is 31.6 Å². The van der Waals surface area contributed by atoms with Gasteiger partial charge in [-0.05, 0) is 186 Å². The Labute approximate surface area is 813 Å². The number of carbonyl (C=O) groups is 22. The first kappa shape index (κ1) is 120. The first-order valence-corrected chi connectivity index (χ1v) is 48.3. The number of aliphatic hydroxyl groups excluding tert-OH is 3. The second kappa shape index (κ2) is 61.4. The van der Waals surface area contributed by atoms with Gasteiger partial charge in [0.25, 0.3) is 0 Å². The Balaban J connectivity index is 1.53. The van der Waals surface area contributed by atoms with Crippen LogP contribution in [0.25, 0.3) is 0 Å². The number of nitrogens with one attached hydrogen (secondary N) is 12. The molecule has 788 valence electrons. The third-order valence-corrected chi connectivity index (χ3v) is 24.4. The number of esters is 2. The highest BCUT2D eigenvalue weighted by Crippen LogP contribution is 2.30. The highest BCUT2D eigenvalue weighted by Gasteiger charge is 2.49. The molecule has 4 heterocycles. The number of carbonyl (C=O) groups excluding carboxylic acids is 20. The molecule has 0 aromatic heterocycles. The maximum atomic E-state index is 14.8. The highest BCUT2D eigenvalue weighted by atomic mass is 32.2. The Kier molecular flexibility index (Phi) is 52.7.